The van der Waals surface area contributed by atoms with E-state index in [1.807, 2.05) is 17.7 Å². The molecule has 0 saturated carbocycles. The molecular formula is C17H20N6O3. The molecule has 136 valence electrons. The second kappa shape index (κ2) is 6.66. The first-order chi connectivity index (χ1) is 12.7. The Morgan fingerprint density at radius 1 is 1.31 bits per heavy atom. The second-order valence-electron chi connectivity index (χ2n) is 6.30. The van der Waals surface area contributed by atoms with E-state index in [2.05, 4.69) is 10.1 Å². The molecule has 26 heavy (non-hydrogen) atoms. The van der Waals surface area contributed by atoms with Gasteiger partial charge >= 0.3 is 5.69 Å². The van der Waals surface area contributed by atoms with Gasteiger partial charge in [0.05, 0.1) is 19.4 Å². The van der Waals surface area contributed by atoms with Crippen LogP contribution in [0.2, 0.25) is 0 Å². The molecule has 3 aromatic rings. The van der Waals surface area contributed by atoms with E-state index in [0.29, 0.717) is 50.1 Å². The van der Waals surface area contributed by atoms with E-state index in [-0.39, 0.29) is 11.6 Å². The van der Waals surface area contributed by atoms with Crippen LogP contribution in [0.5, 0.6) is 0 Å². The average Bonchev–Trinajstić information content (AvgIpc) is 3.37. The quantitative estimate of drug-likeness (QED) is 0.679. The highest BCUT2D eigenvalue weighted by Gasteiger charge is 2.27. The molecule has 0 aromatic carbocycles. The summed E-state index contributed by atoms with van der Waals surface area (Å²) in [6.45, 7) is 4.32. The van der Waals surface area contributed by atoms with Gasteiger partial charge in [0.1, 0.15) is 5.76 Å². The average molecular weight is 356 g/mol. The van der Waals surface area contributed by atoms with Crippen molar-refractivity contribution in [3.8, 4) is 0 Å². The van der Waals surface area contributed by atoms with Gasteiger partial charge in [-0.05, 0) is 18.6 Å². The Balaban J connectivity index is 1.48. The molecule has 4 rings (SSSR count). The molecular weight excluding hydrogens is 336 g/mol. The number of fused-ring (bicyclic) bond motifs is 1. The van der Waals surface area contributed by atoms with Gasteiger partial charge in [-0.15, -0.1) is 0 Å². The smallest absolute Gasteiger partial charge is 0.346 e. The molecule has 0 spiro atoms. The van der Waals surface area contributed by atoms with Crippen molar-refractivity contribution in [2.24, 2.45) is 0 Å². The minimum atomic E-state index is -0.189. The third-order valence-corrected chi connectivity index (χ3v) is 4.42. The maximum atomic E-state index is 12.7. The molecule has 4 heterocycles. The van der Waals surface area contributed by atoms with Crippen molar-refractivity contribution in [3.05, 3.63) is 58.7 Å². The van der Waals surface area contributed by atoms with Gasteiger partial charge in [-0.1, -0.05) is 6.92 Å². The highest BCUT2D eigenvalue weighted by atomic mass is 16.4. The van der Waals surface area contributed by atoms with E-state index >= 15 is 0 Å². The number of nitrogens with zero attached hydrogens (tertiary/aromatic N) is 6. The van der Waals surface area contributed by atoms with Crippen LogP contribution in [-0.2, 0) is 26.2 Å². The van der Waals surface area contributed by atoms with Gasteiger partial charge in [0.25, 0.3) is 5.91 Å². The van der Waals surface area contributed by atoms with Crippen molar-refractivity contribution in [2.45, 2.75) is 39.5 Å². The summed E-state index contributed by atoms with van der Waals surface area (Å²) in [6.07, 6.45) is 6.06. The molecule has 0 atom stereocenters. The molecule has 0 N–H and O–H groups in total. The van der Waals surface area contributed by atoms with E-state index in [0.717, 1.165) is 6.42 Å². The Morgan fingerprint density at radius 3 is 2.96 bits per heavy atom. The van der Waals surface area contributed by atoms with Gasteiger partial charge in [-0.2, -0.15) is 5.10 Å². The van der Waals surface area contributed by atoms with Gasteiger partial charge in [-0.3, -0.25) is 9.36 Å². The van der Waals surface area contributed by atoms with Gasteiger partial charge < -0.3 is 13.9 Å². The molecule has 0 radical (unpaired) electrons. The maximum Gasteiger partial charge on any atom is 0.346 e. The van der Waals surface area contributed by atoms with Crippen LogP contribution < -0.4 is 5.69 Å². The molecule has 1 aliphatic heterocycles. The number of aryl methyl sites for hydroxylation is 1. The van der Waals surface area contributed by atoms with Crippen molar-refractivity contribution < 1.29 is 9.21 Å². The summed E-state index contributed by atoms with van der Waals surface area (Å²) in [4.78, 5) is 30.6. The zero-order chi connectivity index (χ0) is 18.1. The summed E-state index contributed by atoms with van der Waals surface area (Å²) in [7, 11) is 0. The van der Waals surface area contributed by atoms with Crippen molar-refractivity contribution in [3.63, 3.8) is 0 Å². The van der Waals surface area contributed by atoms with E-state index in [9.17, 15) is 9.59 Å². The van der Waals surface area contributed by atoms with Crippen molar-refractivity contribution in [2.75, 3.05) is 6.54 Å². The lowest BCUT2D eigenvalue weighted by Gasteiger charge is -2.25. The second-order valence-corrected chi connectivity index (χ2v) is 6.30. The number of carbonyl (C=O) groups is 1. The lowest BCUT2D eigenvalue weighted by molar-refractivity contribution is 0.0672. The molecule has 0 aliphatic carbocycles. The van der Waals surface area contributed by atoms with Gasteiger partial charge in [0.15, 0.2) is 11.6 Å². The van der Waals surface area contributed by atoms with Crippen LogP contribution in [-0.4, -0.2) is 41.3 Å². The molecule has 0 fully saturated rings. The molecule has 1 amide bonds. The minimum Gasteiger partial charge on any atom is -0.454 e. The third-order valence-electron chi connectivity index (χ3n) is 4.42. The van der Waals surface area contributed by atoms with Crippen LogP contribution in [0.3, 0.4) is 0 Å². The SMILES string of the molecule is CCCn1nc2n(c1=O)CCN(C(=O)c1ccc(Cn3ccnc3)o1)C2. The first-order valence-corrected chi connectivity index (χ1v) is 8.66. The van der Waals surface area contributed by atoms with Crippen LogP contribution in [0.1, 0.15) is 35.5 Å². The summed E-state index contributed by atoms with van der Waals surface area (Å²) in [5.74, 6) is 1.41. The fourth-order valence-electron chi connectivity index (χ4n) is 3.12. The molecule has 1 aliphatic rings. The molecule has 9 heteroatoms. The van der Waals surface area contributed by atoms with Crippen LogP contribution >= 0.6 is 0 Å². The predicted molar refractivity (Wildman–Crippen MR) is 91.6 cm³/mol. The summed E-state index contributed by atoms with van der Waals surface area (Å²) < 4.78 is 10.7. The first kappa shape index (κ1) is 16.4. The van der Waals surface area contributed by atoms with Crippen LogP contribution in [0.25, 0.3) is 0 Å². The van der Waals surface area contributed by atoms with Crippen molar-refractivity contribution in [1.29, 1.82) is 0 Å². The number of rotatable bonds is 5. The summed E-state index contributed by atoms with van der Waals surface area (Å²) >= 11 is 0. The number of furan rings is 1. The number of aromatic nitrogens is 5. The number of amides is 1. The van der Waals surface area contributed by atoms with Crippen LogP contribution in [0.4, 0.5) is 0 Å². The number of carbonyl (C=O) groups excluding carboxylic acids is 1. The summed E-state index contributed by atoms with van der Waals surface area (Å²) in [5.41, 5.74) is -0.102. The van der Waals surface area contributed by atoms with Gasteiger partial charge in [0, 0.05) is 32.0 Å². The first-order valence-electron chi connectivity index (χ1n) is 8.66. The Morgan fingerprint density at radius 2 is 2.19 bits per heavy atom. The predicted octanol–water partition coefficient (Wildman–Crippen LogP) is 0.949. The lowest BCUT2D eigenvalue weighted by atomic mass is 10.3. The highest BCUT2D eigenvalue weighted by Crippen LogP contribution is 2.16. The lowest BCUT2D eigenvalue weighted by Crippen LogP contribution is -2.40. The zero-order valence-corrected chi connectivity index (χ0v) is 14.5. The molecule has 3 aromatic heterocycles. The van der Waals surface area contributed by atoms with Crippen molar-refractivity contribution >= 4 is 5.91 Å². The fraction of sp³-hybridized carbons (Fsp3) is 0.412. The molecule has 0 bridgehead atoms. The fourth-order valence-corrected chi connectivity index (χ4v) is 3.12. The molecule has 9 nitrogen and oxygen atoms in total. The van der Waals surface area contributed by atoms with Crippen LogP contribution in [0.15, 0.2) is 40.1 Å². The largest absolute Gasteiger partial charge is 0.454 e. The summed E-state index contributed by atoms with van der Waals surface area (Å²) in [6, 6.07) is 3.48. The van der Waals surface area contributed by atoms with Crippen molar-refractivity contribution in [1.82, 2.24) is 28.8 Å². The van der Waals surface area contributed by atoms with Crippen LogP contribution in [0, 0.1) is 0 Å². The number of hydrogen-bond donors (Lipinski definition) is 0. The number of imidazole rings is 1. The van der Waals surface area contributed by atoms with E-state index in [4.69, 9.17) is 4.42 Å². The Hall–Kier alpha value is -3.10. The molecule has 0 saturated heterocycles. The monoisotopic (exact) mass is 356 g/mol. The Labute approximate surface area is 149 Å². The van der Waals surface area contributed by atoms with Gasteiger partial charge in [-0.25, -0.2) is 14.5 Å². The minimum absolute atomic E-state index is 0.102. The number of hydrogen-bond acceptors (Lipinski definition) is 5. The van der Waals surface area contributed by atoms with E-state index in [1.54, 1.807) is 34.1 Å². The Kier molecular flexibility index (Phi) is 4.19. The Bertz CT molecular complexity index is 965. The van der Waals surface area contributed by atoms with Gasteiger partial charge in [0.2, 0.25) is 0 Å². The normalized spacial score (nSPS) is 13.8. The topological polar surface area (TPSA) is 91.1 Å². The van der Waals surface area contributed by atoms with E-state index in [1.165, 1.54) is 4.68 Å². The zero-order valence-electron chi connectivity index (χ0n) is 14.5. The molecule has 0 unspecified atom stereocenters. The standard InChI is InChI=1S/C17H20N6O3/c1-2-6-23-17(25)22-9-8-21(11-15(22)19-23)16(24)14-4-3-13(26-14)10-20-7-5-18-12-20/h3-5,7,12H,2,6,8-11H2,1H3. The van der Waals surface area contributed by atoms with E-state index < -0.39 is 0 Å². The maximum absolute atomic E-state index is 12.7. The highest BCUT2D eigenvalue weighted by molar-refractivity contribution is 5.91. The summed E-state index contributed by atoms with van der Waals surface area (Å²) in [5, 5.41) is 4.35. The third kappa shape index (κ3) is 2.96.